The van der Waals surface area contributed by atoms with Crippen molar-refractivity contribution in [1.29, 1.82) is 0 Å². The van der Waals surface area contributed by atoms with Crippen LogP contribution < -0.4 is 0 Å². The van der Waals surface area contributed by atoms with Crippen LogP contribution in [-0.4, -0.2) is 121 Å². The summed E-state index contributed by atoms with van der Waals surface area (Å²) in [7, 11) is 0. The molecule has 13 nitrogen and oxygen atoms in total. The van der Waals surface area contributed by atoms with Gasteiger partial charge in [0.05, 0.1) is 13.2 Å². The highest BCUT2D eigenvalue weighted by Gasteiger charge is 2.60. The van der Waals surface area contributed by atoms with Gasteiger partial charge < -0.3 is 55.1 Å². The lowest BCUT2D eigenvalue weighted by Gasteiger charge is -2.49. The van der Waals surface area contributed by atoms with Crippen LogP contribution in [0.1, 0.15) is 58.3 Å². The second-order valence-corrected chi connectivity index (χ2v) is 9.03. The number of ether oxygens (including phenoxy) is 4. The summed E-state index contributed by atoms with van der Waals surface area (Å²) in [4.78, 5) is 12.6. The molecule has 2 saturated heterocycles. The number of hydrogen-bond acceptors (Lipinski definition) is 13. The van der Waals surface area contributed by atoms with E-state index in [9.17, 15) is 45.6 Å². The Bertz CT molecular complexity index is 632. The molecule has 2 rings (SSSR count). The van der Waals surface area contributed by atoms with E-state index in [1.54, 1.807) is 0 Å². The maximum atomic E-state index is 12.6. The van der Waals surface area contributed by atoms with Crippen molar-refractivity contribution < 1.29 is 64.6 Å². The van der Waals surface area contributed by atoms with Crippen LogP contribution in [0.15, 0.2) is 0 Å². The molecule has 8 N–H and O–H groups in total. The minimum Gasteiger partial charge on any atom is -0.405 e. The quantitative estimate of drug-likeness (QED) is 0.0735. The molecule has 0 aromatic heterocycles. The molecule has 2 fully saturated rings. The molecule has 206 valence electrons. The van der Waals surface area contributed by atoms with Gasteiger partial charge in [0.2, 0.25) is 0 Å². The topological polar surface area (TPSA) is 216 Å². The molecule has 0 bridgehead atoms. The number of aliphatic hydroxyl groups is 8. The highest BCUT2D eigenvalue weighted by Crippen LogP contribution is 2.36. The SMILES string of the molecule is CCCCCCCCCC(=O)OC1(O[C@@H]2O[C@H](CO)[C@H](O)[C@H](O)[C@H]2O)O[C@H](CO)[C@@H](O)[C@H](O)[C@H]1O. The van der Waals surface area contributed by atoms with E-state index in [0.717, 1.165) is 38.5 Å². The molecular weight excluding hydrogens is 472 g/mol. The second-order valence-electron chi connectivity index (χ2n) is 9.03. The molecule has 2 aliphatic heterocycles. The molecule has 0 aliphatic carbocycles. The number of hydrogen-bond donors (Lipinski definition) is 8. The van der Waals surface area contributed by atoms with E-state index >= 15 is 0 Å². The standard InChI is InChI=1S/C22H40O13/c1-2-3-4-5-6-7-8-9-14(25)34-22(20(31)18(29)16(27)13(11-24)33-22)35-21-19(30)17(28)15(26)12(10-23)32-21/h12-13,15-21,23-24,26-31H,2-11H2,1H3/t12-,13-,15+,16-,17+,18+,19-,20-,21+,22?/m1/s1. The smallest absolute Gasteiger partial charge is 0.362 e. The fourth-order valence-corrected chi connectivity index (χ4v) is 4.08. The maximum absolute atomic E-state index is 12.6. The Morgan fingerprint density at radius 3 is 1.94 bits per heavy atom. The number of carbonyl (C=O) groups is 1. The molecule has 2 aliphatic rings. The van der Waals surface area contributed by atoms with Gasteiger partial charge in [-0.1, -0.05) is 45.4 Å². The molecule has 10 atom stereocenters. The molecule has 0 radical (unpaired) electrons. The third kappa shape index (κ3) is 7.52. The average Bonchev–Trinajstić information content (AvgIpc) is 2.84. The lowest BCUT2D eigenvalue weighted by molar-refractivity contribution is -0.486. The summed E-state index contributed by atoms with van der Waals surface area (Å²) >= 11 is 0. The second kappa shape index (κ2) is 14.1. The van der Waals surface area contributed by atoms with Crippen LogP contribution in [0.2, 0.25) is 0 Å². The summed E-state index contributed by atoms with van der Waals surface area (Å²) in [5.74, 6) is -3.75. The monoisotopic (exact) mass is 512 g/mol. The molecule has 0 aromatic carbocycles. The lowest BCUT2D eigenvalue weighted by Crippen LogP contribution is -2.70. The lowest BCUT2D eigenvalue weighted by atomic mass is 9.96. The third-order valence-corrected chi connectivity index (χ3v) is 6.28. The van der Waals surface area contributed by atoms with Crippen LogP contribution in [0.5, 0.6) is 0 Å². The van der Waals surface area contributed by atoms with Crippen molar-refractivity contribution in [1.82, 2.24) is 0 Å². The molecule has 0 saturated carbocycles. The zero-order chi connectivity index (χ0) is 26.2. The van der Waals surface area contributed by atoms with E-state index in [0.29, 0.717) is 6.42 Å². The molecular formula is C22H40O13. The Kier molecular flexibility index (Phi) is 12.2. The maximum Gasteiger partial charge on any atom is 0.362 e. The van der Waals surface area contributed by atoms with Crippen molar-refractivity contribution in [2.45, 2.75) is 119 Å². The van der Waals surface area contributed by atoms with Crippen molar-refractivity contribution in [3.8, 4) is 0 Å². The number of rotatable bonds is 13. The van der Waals surface area contributed by atoms with E-state index in [-0.39, 0.29) is 6.42 Å². The number of carbonyl (C=O) groups excluding carboxylic acids is 1. The summed E-state index contributed by atoms with van der Waals surface area (Å²) in [5, 5.41) is 80.3. The largest absolute Gasteiger partial charge is 0.405 e. The number of esters is 1. The Balaban J connectivity index is 2.15. The summed E-state index contributed by atoms with van der Waals surface area (Å²) in [6, 6.07) is 0. The van der Waals surface area contributed by atoms with Crippen LogP contribution in [0.4, 0.5) is 0 Å². The van der Waals surface area contributed by atoms with Crippen molar-refractivity contribution in [3.05, 3.63) is 0 Å². The average molecular weight is 513 g/mol. The van der Waals surface area contributed by atoms with Gasteiger partial charge in [0, 0.05) is 6.42 Å². The first-order valence-electron chi connectivity index (χ1n) is 12.1. The molecule has 0 amide bonds. The van der Waals surface area contributed by atoms with E-state index < -0.39 is 80.3 Å². The Morgan fingerprint density at radius 2 is 1.34 bits per heavy atom. The first-order chi connectivity index (χ1) is 16.6. The van der Waals surface area contributed by atoms with Crippen LogP contribution in [0.25, 0.3) is 0 Å². The number of aliphatic hydroxyl groups excluding tert-OH is 8. The van der Waals surface area contributed by atoms with Crippen LogP contribution in [-0.2, 0) is 23.7 Å². The summed E-state index contributed by atoms with van der Waals surface area (Å²) in [6.45, 7) is 0.469. The fraction of sp³-hybridized carbons (Fsp3) is 0.955. The van der Waals surface area contributed by atoms with Gasteiger partial charge >= 0.3 is 11.9 Å². The van der Waals surface area contributed by atoms with E-state index in [2.05, 4.69) is 6.92 Å². The highest BCUT2D eigenvalue weighted by atomic mass is 16.9. The summed E-state index contributed by atoms with van der Waals surface area (Å²) in [6.07, 6.45) is -9.99. The van der Waals surface area contributed by atoms with Crippen molar-refractivity contribution in [2.24, 2.45) is 0 Å². The van der Waals surface area contributed by atoms with Crippen LogP contribution in [0, 0.1) is 0 Å². The first-order valence-corrected chi connectivity index (χ1v) is 12.1. The molecule has 0 spiro atoms. The zero-order valence-corrected chi connectivity index (χ0v) is 19.9. The van der Waals surface area contributed by atoms with Gasteiger partial charge in [-0.05, 0) is 6.42 Å². The molecule has 1 unspecified atom stereocenters. The third-order valence-electron chi connectivity index (χ3n) is 6.28. The minimum atomic E-state index is -2.85. The van der Waals surface area contributed by atoms with Crippen molar-refractivity contribution in [3.63, 3.8) is 0 Å². The molecule has 13 heteroatoms. The van der Waals surface area contributed by atoms with Crippen molar-refractivity contribution >= 4 is 5.97 Å². The number of unbranched alkanes of at least 4 members (excludes halogenated alkanes) is 6. The Morgan fingerprint density at radius 1 is 0.771 bits per heavy atom. The van der Waals surface area contributed by atoms with Gasteiger partial charge in [-0.15, -0.1) is 0 Å². The van der Waals surface area contributed by atoms with Crippen molar-refractivity contribution in [2.75, 3.05) is 13.2 Å². The van der Waals surface area contributed by atoms with Gasteiger partial charge in [0.15, 0.2) is 12.4 Å². The zero-order valence-electron chi connectivity index (χ0n) is 19.9. The molecule has 2 heterocycles. The van der Waals surface area contributed by atoms with E-state index in [1.807, 2.05) is 0 Å². The minimum absolute atomic E-state index is 0.105. The van der Waals surface area contributed by atoms with Gasteiger partial charge in [0.25, 0.3) is 0 Å². The highest BCUT2D eigenvalue weighted by molar-refractivity contribution is 5.69. The summed E-state index contributed by atoms with van der Waals surface area (Å²) in [5.41, 5.74) is 0. The van der Waals surface area contributed by atoms with Gasteiger partial charge in [-0.3, -0.25) is 9.53 Å². The molecule has 35 heavy (non-hydrogen) atoms. The Labute approximate surface area is 203 Å². The normalized spacial score (nSPS) is 40.0. The molecule has 0 aromatic rings. The van der Waals surface area contributed by atoms with Gasteiger partial charge in [0.1, 0.15) is 42.7 Å². The van der Waals surface area contributed by atoms with Gasteiger partial charge in [-0.25, -0.2) is 0 Å². The van der Waals surface area contributed by atoms with Crippen LogP contribution >= 0.6 is 0 Å². The van der Waals surface area contributed by atoms with Crippen LogP contribution in [0.3, 0.4) is 0 Å². The van der Waals surface area contributed by atoms with Gasteiger partial charge in [-0.2, -0.15) is 0 Å². The van der Waals surface area contributed by atoms with E-state index in [4.69, 9.17) is 18.9 Å². The first kappa shape index (κ1) is 30.3. The Hall–Kier alpha value is -0.970. The summed E-state index contributed by atoms with van der Waals surface area (Å²) < 4.78 is 21.3. The predicted octanol–water partition coefficient (Wildman–Crippen LogP) is -2.39. The fourth-order valence-electron chi connectivity index (χ4n) is 4.08. The van der Waals surface area contributed by atoms with E-state index in [1.165, 1.54) is 0 Å². The predicted molar refractivity (Wildman–Crippen MR) is 116 cm³/mol.